The van der Waals surface area contributed by atoms with Crippen LogP contribution in [0.4, 0.5) is 16.6 Å². The topological polar surface area (TPSA) is 82.2 Å². The first-order valence-electron chi connectivity index (χ1n) is 11.9. The molecule has 1 unspecified atom stereocenters. The summed E-state index contributed by atoms with van der Waals surface area (Å²) in [5.41, 5.74) is 3.63. The second kappa shape index (κ2) is 10.2. The monoisotopic (exact) mass is 436 g/mol. The minimum Gasteiger partial charge on any atom is -0.362 e. The Balaban J connectivity index is 1.28. The minimum atomic E-state index is -0.0913. The van der Waals surface area contributed by atoms with Gasteiger partial charge in [-0.15, -0.1) is 0 Å². The van der Waals surface area contributed by atoms with Crippen LogP contribution in [0.5, 0.6) is 0 Å². The molecule has 1 saturated carbocycles. The van der Waals surface area contributed by atoms with Crippen LogP contribution in [0, 0.1) is 0 Å². The van der Waals surface area contributed by atoms with Crippen molar-refractivity contribution in [2.24, 2.45) is 0 Å². The van der Waals surface area contributed by atoms with Gasteiger partial charge >= 0.3 is 6.03 Å². The van der Waals surface area contributed by atoms with Crippen molar-refractivity contribution in [2.45, 2.75) is 76.4 Å². The average molecular weight is 437 g/mol. The molecular weight excluding hydrogens is 400 g/mol. The smallest absolute Gasteiger partial charge is 0.315 e. The number of rotatable bonds is 6. The molecule has 2 aliphatic rings. The summed E-state index contributed by atoms with van der Waals surface area (Å²) >= 11 is 0. The van der Waals surface area contributed by atoms with Crippen LogP contribution in [0.1, 0.15) is 68.3 Å². The summed E-state index contributed by atoms with van der Waals surface area (Å²) in [6.07, 6.45) is 8.45. The second-order valence-corrected chi connectivity index (χ2v) is 9.34. The number of benzene rings is 1. The third kappa shape index (κ3) is 5.50. The van der Waals surface area contributed by atoms with Gasteiger partial charge in [-0.05, 0) is 63.9 Å². The van der Waals surface area contributed by atoms with Crippen molar-refractivity contribution in [1.29, 1.82) is 0 Å². The van der Waals surface area contributed by atoms with E-state index in [1.165, 1.54) is 24.1 Å². The van der Waals surface area contributed by atoms with Crippen molar-refractivity contribution in [3.05, 3.63) is 47.2 Å². The van der Waals surface area contributed by atoms with E-state index in [1.54, 1.807) is 0 Å². The van der Waals surface area contributed by atoms with Gasteiger partial charge in [0.1, 0.15) is 5.82 Å². The number of urea groups is 1. The third-order valence-electron chi connectivity index (χ3n) is 6.63. The Hall–Kier alpha value is -2.83. The largest absolute Gasteiger partial charge is 0.362 e. The van der Waals surface area contributed by atoms with Crippen molar-refractivity contribution in [3.8, 4) is 0 Å². The lowest BCUT2D eigenvalue weighted by Crippen LogP contribution is -2.45. The Bertz CT molecular complexity index is 908. The average Bonchev–Trinajstić information content (AvgIpc) is 2.80. The van der Waals surface area contributed by atoms with Gasteiger partial charge in [-0.1, -0.05) is 30.3 Å². The Kier molecular flexibility index (Phi) is 7.12. The molecule has 0 saturated heterocycles. The van der Waals surface area contributed by atoms with Crippen LogP contribution in [-0.2, 0) is 12.8 Å². The number of carbonyl (C=O) groups excluding carboxylic acids is 1. The predicted octanol–water partition coefficient (Wildman–Crippen LogP) is 4.20. The summed E-state index contributed by atoms with van der Waals surface area (Å²) in [6, 6.07) is 10.5. The van der Waals surface area contributed by atoms with Crippen molar-refractivity contribution >= 4 is 17.8 Å². The molecule has 0 aliphatic heterocycles. The zero-order valence-electron chi connectivity index (χ0n) is 19.5. The molecule has 0 spiro atoms. The Morgan fingerprint density at radius 1 is 1.00 bits per heavy atom. The van der Waals surface area contributed by atoms with Crippen LogP contribution in [0.2, 0.25) is 0 Å². The summed E-state index contributed by atoms with van der Waals surface area (Å²) in [6.45, 7) is 2.01. The number of fused-ring (bicyclic) bond motifs is 1. The van der Waals surface area contributed by atoms with Gasteiger partial charge in [0.2, 0.25) is 5.95 Å². The van der Waals surface area contributed by atoms with Gasteiger partial charge in [0, 0.05) is 31.7 Å². The molecule has 1 aromatic carbocycles. The number of aromatic nitrogens is 2. The molecule has 4 rings (SSSR count). The third-order valence-corrected chi connectivity index (χ3v) is 6.63. The molecule has 2 aromatic rings. The molecule has 0 radical (unpaired) electrons. The highest BCUT2D eigenvalue weighted by molar-refractivity contribution is 5.74. The number of nitrogens with one attached hydrogen (secondary N) is 3. The SMILES string of the molecule is CC(NC(=O)NC1CCC(Nc2nc3c(c(N(C)C)n2)CCCC3)CC1)c1ccccc1. The maximum Gasteiger partial charge on any atom is 0.315 e. The number of carbonyl (C=O) groups is 1. The Morgan fingerprint density at radius 3 is 2.41 bits per heavy atom. The zero-order chi connectivity index (χ0) is 22.5. The highest BCUT2D eigenvalue weighted by atomic mass is 16.2. The molecule has 2 amide bonds. The van der Waals surface area contributed by atoms with Gasteiger partial charge in [0.15, 0.2) is 0 Å². The summed E-state index contributed by atoms with van der Waals surface area (Å²) in [5.74, 6) is 1.80. The van der Waals surface area contributed by atoms with E-state index in [1.807, 2.05) is 37.3 Å². The summed E-state index contributed by atoms with van der Waals surface area (Å²) in [5, 5.41) is 9.78. The first kappa shape index (κ1) is 22.4. The molecule has 7 heteroatoms. The van der Waals surface area contributed by atoms with E-state index >= 15 is 0 Å². The molecule has 1 atom stereocenters. The van der Waals surface area contributed by atoms with Crippen molar-refractivity contribution in [2.75, 3.05) is 24.3 Å². The van der Waals surface area contributed by atoms with E-state index in [-0.39, 0.29) is 18.1 Å². The Morgan fingerprint density at radius 2 is 1.69 bits per heavy atom. The van der Waals surface area contributed by atoms with E-state index in [0.29, 0.717) is 6.04 Å². The summed E-state index contributed by atoms with van der Waals surface area (Å²) in [4.78, 5) is 24.2. The van der Waals surface area contributed by atoms with E-state index < -0.39 is 0 Å². The van der Waals surface area contributed by atoms with E-state index in [2.05, 4.69) is 34.9 Å². The zero-order valence-corrected chi connectivity index (χ0v) is 19.5. The molecule has 0 bridgehead atoms. The summed E-state index contributed by atoms with van der Waals surface area (Å²) < 4.78 is 0. The van der Waals surface area contributed by atoms with Gasteiger partial charge in [-0.2, -0.15) is 4.98 Å². The van der Waals surface area contributed by atoms with E-state index in [4.69, 9.17) is 9.97 Å². The lowest BCUT2D eigenvalue weighted by atomic mass is 9.91. The number of hydrogen-bond donors (Lipinski definition) is 3. The second-order valence-electron chi connectivity index (χ2n) is 9.34. The fourth-order valence-electron chi connectivity index (χ4n) is 4.82. The number of nitrogens with zero attached hydrogens (tertiary/aromatic N) is 3. The van der Waals surface area contributed by atoms with E-state index in [0.717, 1.165) is 55.9 Å². The van der Waals surface area contributed by atoms with Gasteiger partial charge in [0.05, 0.1) is 11.7 Å². The van der Waals surface area contributed by atoms with Gasteiger partial charge in [-0.3, -0.25) is 0 Å². The normalized spacial score (nSPS) is 21.2. The highest BCUT2D eigenvalue weighted by Gasteiger charge is 2.25. The molecule has 32 heavy (non-hydrogen) atoms. The predicted molar refractivity (Wildman–Crippen MR) is 129 cm³/mol. The minimum absolute atomic E-state index is 0.0127. The molecule has 2 aliphatic carbocycles. The molecule has 1 heterocycles. The first-order valence-corrected chi connectivity index (χ1v) is 11.9. The molecule has 3 N–H and O–H groups in total. The van der Waals surface area contributed by atoms with Crippen LogP contribution in [0.15, 0.2) is 30.3 Å². The van der Waals surface area contributed by atoms with Crippen LogP contribution in [-0.4, -0.2) is 42.2 Å². The Labute approximate surface area is 191 Å². The number of aryl methyl sites for hydroxylation is 1. The number of amides is 2. The maximum atomic E-state index is 12.4. The van der Waals surface area contributed by atoms with Crippen molar-refractivity contribution in [1.82, 2.24) is 20.6 Å². The standard InChI is InChI=1S/C25H36N6O/c1-17(18-9-5-4-6-10-18)26-25(32)28-20-15-13-19(14-16-20)27-24-29-22-12-8-7-11-21(22)23(30-24)31(2)3/h4-6,9-10,17,19-20H,7-8,11-16H2,1-3H3,(H2,26,28,32)(H,27,29,30). The molecule has 172 valence electrons. The quantitative estimate of drug-likeness (QED) is 0.632. The highest BCUT2D eigenvalue weighted by Crippen LogP contribution is 2.29. The van der Waals surface area contributed by atoms with Gasteiger partial charge < -0.3 is 20.9 Å². The number of hydrogen-bond acceptors (Lipinski definition) is 5. The van der Waals surface area contributed by atoms with Crippen LogP contribution in [0.3, 0.4) is 0 Å². The van der Waals surface area contributed by atoms with Crippen molar-refractivity contribution in [3.63, 3.8) is 0 Å². The fraction of sp³-hybridized carbons (Fsp3) is 0.560. The molecule has 7 nitrogen and oxygen atoms in total. The van der Waals surface area contributed by atoms with Crippen molar-refractivity contribution < 1.29 is 4.79 Å². The lowest BCUT2D eigenvalue weighted by molar-refractivity contribution is 0.229. The fourth-order valence-corrected chi connectivity index (χ4v) is 4.82. The van der Waals surface area contributed by atoms with Gasteiger partial charge in [-0.25, -0.2) is 9.78 Å². The maximum absolute atomic E-state index is 12.4. The lowest BCUT2D eigenvalue weighted by Gasteiger charge is -2.31. The molecule has 1 aromatic heterocycles. The van der Waals surface area contributed by atoms with E-state index in [9.17, 15) is 4.79 Å². The first-order chi connectivity index (χ1) is 15.5. The van der Waals surface area contributed by atoms with Crippen LogP contribution < -0.4 is 20.9 Å². The number of anilines is 2. The van der Waals surface area contributed by atoms with Crippen LogP contribution in [0.25, 0.3) is 0 Å². The summed E-state index contributed by atoms with van der Waals surface area (Å²) in [7, 11) is 4.11. The molecule has 1 fully saturated rings. The molecular formula is C25H36N6O. The van der Waals surface area contributed by atoms with Crippen LogP contribution >= 0.6 is 0 Å². The van der Waals surface area contributed by atoms with Gasteiger partial charge in [0.25, 0.3) is 0 Å².